The van der Waals surface area contributed by atoms with Crippen molar-refractivity contribution in [2.45, 2.75) is 6.92 Å². The number of carbonyl (C=O) groups excluding carboxylic acids is 3. The number of benzene rings is 2. The molecule has 3 heterocycles. The number of amides is 3. The van der Waals surface area contributed by atoms with Crippen LogP contribution in [0.4, 0.5) is 5.69 Å². The number of imide groups is 1. The summed E-state index contributed by atoms with van der Waals surface area (Å²) >= 11 is 0. The molecule has 0 radical (unpaired) electrons. The van der Waals surface area contributed by atoms with Gasteiger partial charge in [-0.1, -0.05) is 12.1 Å². The Balaban J connectivity index is 1.22. The number of aromatic nitrogens is 4. The third-order valence-corrected chi connectivity index (χ3v) is 5.24. The minimum absolute atomic E-state index is 0.304. The summed E-state index contributed by atoms with van der Waals surface area (Å²) in [5.74, 6) is 0.817. The average molecular weight is 454 g/mol. The highest BCUT2D eigenvalue weighted by molar-refractivity contribution is 6.22. The largest absolute Gasteiger partial charge is 0.439 e. The highest BCUT2D eigenvalue weighted by atomic mass is 16.5. The van der Waals surface area contributed by atoms with E-state index in [2.05, 4.69) is 20.3 Å². The molecule has 5 rings (SSSR count). The summed E-state index contributed by atoms with van der Waals surface area (Å²) in [7, 11) is 0. The molecule has 2 aromatic heterocycles. The molecule has 4 aromatic rings. The number of hydrogen-bond donors (Lipinski definition) is 1. The van der Waals surface area contributed by atoms with Crippen LogP contribution in [0.5, 0.6) is 11.6 Å². The summed E-state index contributed by atoms with van der Waals surface area (Å²) in [5.41, 5.74) is 1.10. The van der Waals surface area contributed by atoms with Crippen LogP contribution in [0.1, 0.15) is 26.5 Å². The molecule has 0 spiro atoms. The highest BCUT2D eigenvalue weighted by Crippen LogP contribution is 2.24. The van der Waals surface area contributed by atoms with E-state index in [0.29, 0.717) is 34.3 Å². The van der Waals surface area contributed by atoms with Crippen LogP contribution in [-0.4, -0.2) is 48.7 Å². The van der Waals surface area contributed by atoms with Crippen molar-refractivity contribution >= 4 is 23.4 Å². The Morgan fingerprint density at radius 2 is 1.68 bits per heavy atom. The van der Waals surface area contributed by atoms with Crippen LogP contribution < -0.4 is 10.1 Å². The number of fused-ring (bicyclic) bond motifs is 1. The zero-order valence-corrected chi connectivity index (χ0v) is 18.0. The third kappa shape index (κ3) is 3.99. The van der Waals surface area contributed by atoms with Crippen LogP contribution in [0.25, 0.3) is 5.82 Å². The molecule has 1 aliphatic heterocycles. The van der Waals surface area contributed by atoms with E-state index in [1.165, 1.54) is 6.33 Å². The monoisotopic (exact) mass is 454 g/mol. The minimum Gasteiger partial charge on any atom is -0.439 e. The van der Waals surface area contributed by atoms with E-state index in [1.54, 1.807) is 67.0 Å². The molecule has 0 saturated carbocycles. The Morgan fingerprint density at radius 1 is 0.971 bits per heavy atom. The summed E-state index contributed by atoms with van der Waals surface area (Å²) in [6, 6.07) is 14.8. The van der Waals surface area contributed by atoms with Crippen molar-refractivity contribution in [1.82, 2.24) is 24.4 Å². The number of ether oxygens (including phenoxy) is 1. The van der Waals surface area contributed by atoms with Gasteiger partial charge in [0.15, 0.2) is 0 Å². The summed E-state index contributed by atoms with van der Waals surface area (Å²) in [6.45, 7) is 1.49. The van der Waals surface area contributed by atoms with E-state index in [9.17, 15) is 14.4 Å². The molecule has 1 aliphatic rings. The first kappa shape index (κ1) is 21.0. The summed E-state index contributed by atoms with van der Waals surface area (Å²) < 4.78 is 7.60. The maximum absolute atomic E-state index is 12.5. The second-order valence-electron chi connectivity index (χ2n) is 7.48. The molecule has 0 aliphatic carbocycles. The van der Waals surface area contributed by atoms with Gasteiger partial charge in [-0.25, -0.2) is 15.0 Å². The number of imidazole rings is 1. The lowest BCUT2D eigenvalue weighted by molar-refractivity contribution is -0.116. The summed E-state index contributed by atoms with van der Waals surface area (Å²) in [4.78, 5) is 50.8. The van der Waals surface area contributed by atoms with E-state index in [1.807, 2.05) is 11.5 Å². The Kier molecular flexibility index (Phi) is 5.30. The number of nitrogens with zero attached hydrogens (tertiary/aromatic N) is 5. The fraction of sp³-hybridized carbons (Fsp3) is 0.0833. The molecule has 0 bridgehead atoms. The molecule has 3 amide bonds. The van der Waals surface area contributed by atoms with Crippen molar-refractivity contribution in [2.24, 2.45) is 0 Å². The maximum Gasteiger partial charge on any atom is 0.262 e. The molecule has 0 unspecified atom stereocenters. The van der Waals surface area contributed by atoms with E-state index < -0.39 is 17.7 Å². The summed E-state index contributed by atoms with van der Waals surface area (Å²) in [6.07, 6.45) is 4.87. The molecule has 34 heavy (non-hydrogen) atoms. The van der Waals surface area contributed by atoms with E-state index in [4.69, 9.17) is 4.74 Å². The van der Waals surface area contributed by atoms with Gasteiger partial charge in [0.2, 0.25) is 11.8 Å². The van der Waals surface area contributed by atoms with Gasteiger partial charge in [0.05, 0.1) is 11.1 Å². The van der Waals surface area contributed by atoms with Crippen LogP contribution in [0.3, 0.4) is 0 Å². The summed E-state index contributed by atoms with van der Waals surface area (Å²) in [5, 5.41) is 2.69. The van der Waals surface area contributed by atoms with Crippen LogP contribution in [0.15, 0.2) is 73.3 Å². The second kappa shape index (κ2) is 8.58. The van der Waals surface area contributed by atoms with E-state index >= 15 is 0 Å². The average Bonchev–Trinajstić information content (AvgIpc) is 3.38. The minimum atomic E-state index is -0.487. The molecule has 2 aromatic carbocycles. The Labute approximate surface area is 193 Å². The molecular weight excluding hydrogens is 436 g/mol. The van der Waals surface area contributed by atoms with Gasteiger partial charge in [-0.3, -0.25) is 23.9 Å². The third-order valence-electron chi connectivity index (χ3n) is 5.24. The smallest absolute Gasteiger partial charge is 0.262 e. The number of nitrogens with one attached hydrogen (secondary N) is 1. The molecular formula is C24H18N6O4. The molecule has 1 N–H and O–H groups in total. The lowest BCUT2D eigenvalue weighted by Crippen LogP contribution is -2.37. The molecule has 0 fully saturated rings. The fourth-order valence-electron chi connectivity index (χ4n) is 3.59. The van der Waals surface area contributed by atoms with Gasteiger partial charge in [0, 0.05) is 24.1 Å². The van der Waals surface area contributed by atoms with E-state index in [-0.39, 0.29) is 6.54 Å². The fourth-order valence-corrected chi connectivity index (χ4v) is 3.59. The lowest BCUT2D eigenvalue weighted by Gasteiger charge is -2.14. The van der Waals surface area contributed by atoms with Gasteiger partial charge in [0.25, 0.3) is 11.8 Å². The maximum atomic E-state index is 12.5. The Bertz CT molecular complexity index is 1380. The van der Waals surface area contributed by atoms with Crippen molar-refractivity contribution in [2.75, 3.05) is 11.9 Å². The number of rotatable bonds is 6. The van der Waals surface area contributed by atoms with Gasteiger partial charge in [-0.2, -0.15) is 0 Å². The first-order chi connectivity index (χ1) is 16.5. The highest BCUT2D eigenvalue weighted by Gasteiger charge is 2.36. The normalized spacial score (nSPS) is 12.6. The van der Waals surface area contributed by atoms with Crippen LogP contribution in [0, 0.1) is 6.92 Å². The zero-order chi connectivity index (χ0) is 23.7. The van der Waals surface area contributed by atoms with Gasteiger partial charge < -0.3 is 10.1 Å². The van der Waals surface area contributed by atoms with Crippen LogP contribution in [-0.2, 0) is 4.79 Å². The molecule has 0 atom stereocenters. The van der Waals surface area contributed by atoms with Crippen molar-refractivity contribution in [1.29, 1.82) is 0 Å². The van der Waals surface area contributed by atoms with E-state index in [0.717, 1.165) is 10.7 Å². The molecule has 168 valence electrons. The first-order valence-corrected chi connectivity index (χ1v) is 10.3. The molecule has 10 nitrogen and oxygen atoms in total. The number of aryl methyl sites for hydroxylation is 1. The number of carbonyl (C=O) groups is 3. The first-order valence-electron chi connectivity index (χ1n) is 10.3. The van der Waals surface area contributed by atoms with Crippen molar-refractivity contribution in [3.8, 4) is 17.4 Å². The molecule has 0 saturated heterocycles. The lowest BCUT2D eigenvalue weighted by atomic mass is 10.1. The van der Waals surface area contributed by atoms with Gasteiger partial charge in [-0.15, -0.1) is 0 Å². The number of anilines is 1. The van der Waals surface area contributed by atoms with Crippen LogP contribution in [0.2, 0.25) is 0 Å². The predicted octanol–water partition coefficient (Wildman–Crippen LogP) is 3.00. The Morgan fingerprint density at radius 3 is 2.32 bits per heavy atom. The topological polar surface area (TPSA) is 119 Å². The van der Waals surface area contributed by atoms with Gasteiger partial charge in [-0.05, 0) is 43.3 Å². The Hall–Kier alpha value is -4.86. The van der Waals surface area contributed by atoms with Crippen molar-refractivity contribution in [3.05, 3.63) is 90.3 Å². The standard InChI is InChI=1S/C24H18N6O4/c1-15-25-10-11-29(15)20-12-22(27-14-26-20)34-17-8-6-16(7-9-17)28-21(31)13-30-23(32)18-4-2-3-5-19(18)24(30)33/h2-12,14H,13H2,1H3,(H,28,31). The van der Waals surface area contributed by atoms with Crippen molar-refractivity contribution < 1.29 is 19.1 Å². The molecule has 10 heteroatoms. The van der Waals surface area contributed by atoms with Gasteiger partial charge >= 0.3 is 0 Å². The van der Waals surface area contributed by atoms with Gasteiger partial charge in [0.1, 0.15) is 30.3 Å². The predicted molar refractivity (Wildman–Crippen MR) is 121 cm³/mol. The SMILES string of the molecule is Cc1nccn1-c1cc(Oc2ccc(NC(=O)CN3C(=O)c4ccccc4C3=O)cc2)ncn1. The van der Waals surface area contributed by atoms with Crippen LogP contribution >= 0.6 is 0 Å². The second-order valence-corrected chi connectivity index (χ2v) is 7.48. The number of hydrogen-bond acceptors (Lipinski definition) is 7. The van der Waals surface area contributed by atoms with Crippen molar-refractivity contribution in [3.63, 3.8) is 0 Å². The quantitative estimate of drug-likeness (QED) is 0.445. The zero-order valence-electron chi connectivity index (χ0n) is 18.0.